The molecule has 1 N–H and O–H groups in total. The minimum absolute atomic E-state index is 0.00595. The third-order valence-electron chi connectivity index (χ3n) is 5.13. The molecule has 33 heavy (non-hydrogen) atoms. The molecule has 3 rings (SSSR count). The fourth-order valence-electron chi connectivity index (χ4n) is 3.26. The number of sulfonamides is 1. The molecule has 2 aromatic carbocycles. The lowest BCUT2D eigenvalue weighted by atomic mass is 9.77. The number of nitrogens with one attached hydrogen (secondary N) is 1. The summed E-state index contributed by atoms with van der Waals surface area (Å²) in [6.07, 6.45) is 4.08. The first-order valence-electron chi connectivity index (χ1n) is 9.93. The van der Waals surface area contributed by atoms with Gasteiger partial charge in [0.25, 0.3) is 0 Å². The number of hydrogen-bond acceptors (Lipinski definition) is 6. The fourth-order valence-corrected chi connectivity index (χ4v) is 3.99. The van der Waals surface area contributed by atoms with Crippen LogP contribution < -0.4 is 9.46 Å². The number of rotatable bonds is 8. The molecular formula is C24H23ClN4O3S. The van der Waals surface area contributed by atoms with E-state index in [1.54, 1.807) is 12.1 Å². The second-order valence-electron chi connectivity index (χ2n) is 7.92. The van der Waals surface area contributed by atoms with E-state index in [9.17, 15) is 13.7 Å². The Balaban J connectivity index is 1.76. The predicted octanol–water partition coefficient (Wildman–Crippen LogP) is 4.92. The topological polar surface area (TPSA) is 105 Å². The molecule has 0 radical (unpaired) electrons. The van der Waals surface area contributed by atoms with Gasteiger partial charge in [-0.3, -0.25) is 4.72 Å². The number of halogens is 1. The highest BCUT2D eigenvalue weighted by molar-refractivity contribution is 7.91. The summed E-state index contributed by atoms with van der Waals surface area (Å²) < 4.78 is 30.7. The molecule has 7 nitrogen and oxygen atoms in total. The van der Waals surface area contributed by atoms with E-state index >= 15 is 0 Å². The lowest BCUT2D eigenvalue weighted by Crippen LogP contribution is -2.19. The lowest BCUT2D eigenvalue weighted by Gasteiger charge is -2.27. The average Bonchev–Trinajstić information content (AvgIpc) is 2.76. The van der Waals surface area contributed by atoms with Gasteiger partial charge in [0.1, 0.15) is 12.4 Å². The van der Waals surface area contributed by atoms with E-state index in [0.717, 1.165) is 17.4 Å². The van der Waals surface area contributed by atoms with Gasteiger partial charge in [0.2, 0.25) is 16.0 Å². The van der Waals surface area contributed by atoms with Gasteiger partial charge >= 0.3 is 0 Å². The van der Waals surface area contributed by atoms with Gasteiger partial charge in [-0.1, -0.05) is 50.2 Å². The van der Waals surface area contributed by atoms with Gasteiger partial charge in [-0.2, -0.15) is 5.26 Å². The lowest BCUT2D eigenvalue weighted by molar-refractivity contribution is 0.301. The molecule has 0 spiro atoms. The summed E-state index contributed by atoms with van der Waals surface area (Å²) in [5.74, 6) is 0.622. The maximum atomic E-state index is 11.3. The zero-order chi connectivity index (χ0) is 24.2. The zero-order valence-electron chi connectivity index (χ0n) is 18.5. The summed E-state index contributed by atoms with van der Waals surface area (Å²) >= 11 is 6.39. The number of anilines is 1. The van der Waals surface area contributed by atoms with E-state index < -0.39 is 15.4 Å². The molecule has 0 bridgehead atoms. The number of aromatic nitrogens is 2. The first kappa shape index (κ1) is 24.2. The van der Waals surface area contributed by atoms with E-state index in [1.165, 1.54) is 6.20 Å². The van der Waals surface area contributed by atoms with Crippen LogP contribution in [0.1, 0.15) is 41.8 Å². The van der Waals surface area contributed by atoms with Gasteiger partial charge < -0.3 is 4.74 Å². The van der Waals surface area contributed by atoms with Gasteiger partial charge in [-0.15, -0.1) is 0 Å². The SMILES string of the molecule is C=Cc1c(Cl)cc(C(C)(C)c2ccc(OCc3ccnc(NS(C)(=O)=O)n3)cc2)cc1C#N. The van der Waals surface area contributed by atoms with Gasteiger partial charge in [-0.25, -0.2) is 18.4 Å². The molecule has 0 aliphatic carbocycles. The maximum absolute atomic E-state index is 11.3. The van der Waals surface area contributed by atoms with Crippen molar-refractivity contribution in [2.45, 2.75) is 25.9 Å². The molecule has 0 aliphatic rings. The molecule has 170 valence electrons. The van der Waals surface area contributed by atoms with Gasteiger partial charge in [0.15, 0.2) is 0 Å². The maximum Gasteiger partial charge on any atom is 0.236 e. The Hall–Kier alpha value is -3.41. The number of nitrogens with zero attached hydrogens (tertiary/aromatic N) is 3. The molecule has 1 aromatic heterocycles. The van der Waals surface area contributed by atoms with Crippen molar-refractivity contribution in [3.05, 3.63) is 88.2 Å². The van der Waals surface area contributed by atoms with Crippen LogP contribution in [0.15, 0.2) is 55.2 Å². The van der Waals surface area contributed by atoms with Crippen molar-refractivity contribution in [1.82, 2.24) is 9.97 Å². The highest BCUT2D eigenvalue weighted by Gasteiger charge is 2.25. The monoisotopic (exact) mass is 482 g/mol. The highest BCUT2D eigenvalue weighted by atomic mass is 35.5. The Kier molecular flexibility index (Phi) is 7.06. The standard InChI is InChI=1S/C24H23ClN4O3S/c1-5-21-16(14-26)12-18(13-22(21)25)24(2,3)17-6-8-20(9-7-17)32-15-19-10-11-27-23(28-19)29-33(4,30)31/h5-13H,1,15H2,2-4H3,(H,27,28,29). The van der Waals surface area contributed by atoms with Crippen LogP contribution in [0.4, 0.5) is 5.95 Å². The molecule has 0 fully saturated rings. The van der Waals surface area contributed by atoms with Crippen LogP contribution in [0.3, 0.4) is 0 Å². The van der Waals surface area contributed by atoms with Crippen LogP contribution in [-0.4, -0.2) is 24.6 Å². The summed E-state index contributed by atoms with van der Waals surface area (Å²) in [6.45, 7) is 7.99. The number of benzene rings is 2. The quantitative estimate of drug-likeness (QED) is 0.488. The molecule has 0 aliphatic heterocycles. The Labute approximate surface area is 198 Å². The first-order chi connectivity index (χ1) is 15.5. The van der Waals surface area contributed by atoms with Crippen molar-refractivity contribution in [2.75, 3.05) is 11.0 Å². The van der Waals surface area contributed by atoms with Gasteiger partial charge in [0.05, 0.1) is 23.6 Å². The third kappa shape index (κ3) is 5.89. The van der Waals surface area contributed by atoms with Crippen LogP contribution in [-0.2, 0) is 22.0 Å². The molecule has 0 atom stereocenters. The van der Waals surface area contributed by atoms with Crippen molar-refractivity contribution in [2.24, 2.45) is 0 Å². The summed E-state index contributed by atoms with van der Waals surface area (Å²) in [5.41, 5.74) is 3.16. The van der Waals surface area contributed by atoms with Crippen LogP contribution in [0, 0.1) is 11.3 Å². The minimum atomic E-state index is -3.46. The van der Waals surface area contributed by atoms with Gasteiger partial charge in [0, 0.05) is 22.2 Å². The molecular weight excluding hydrogens is 460 g/mol. The Morgan fingerprint density at radius 1 is 1.21 bits per heavy atom. The Bertz CT molecular complexity index is 1330. The largest absolute Gasteiger partial charge is 0.487 e. The van der Waals surface area contributed by atoms with Crippen LogP contribution >= 0.6 is 11.6 Å². The molecule has 0 amide bonds. The van der Waals surface area contributed by atoms with E-state index in [4.69, 9.17) is 16.3 Å². The molecule has 0 unspecified atom stereocenters. The van der Waals surface area contributed by atoms with Gasteiger partial charge in [-0.05, 0) is 41.5 Å². The van der Waals surface area contributed by atoms with Crippen molar-refractivity contribution in [1.29, 1.82) is 5.26 Å². The average molecular weight is 483 g/mol. The third-order valence-corrected chi connectivity index (χ3v) is 5.99. The number of hydrogen-bond donors (Lipinski definition) is 1. The van der Waals surface area contributed by atoms with E-state index in [1.807, 2.05) is 36.4 Å². The second kappa shape index (κ2) is 9.61. The van der Waals surface area contributed by atoms with Crippen molar-refractivity contribution < 1.29 is 13.2 Å². The van der Waals surface area contributed by atoms with E-state index in [0.29, 0.717) is 27.6 Å². The highest BCUT2D eigenvalue weighted by Crippen LogP contribution is 2.36. The van der Waals surface area contributed by atoms with Crippen molar-refractivity contribution in [3.63, 3.8) is 0 Å². The Morgan fingerprint density at radius 3 is 2.52 bits per heavy atom. The minimum Gasteiger partial charge on any atom is -0.487 e. The smallest absolute Gasteiger partial charge is 0.236 e. The summed E-state index contributed by atoms with van der Waals surface area (Å²) in [5, 5.41) is 9.97. The molecule has 9 heteroatoms. The predicted molar refractivity (Wildman–Crippen MR) is 130 cm³/mol. The van der Waals surface area contributed by atoms with Crippen LogP contribution in [0.25, 0.3) is 6.08 Å². The molecule has 0 saturated carbocycles. The number of nitriles is 1. The zero-order valence-corrected chi connectivity index (χ0v) is 20.0. The van der Waals surface area contributed by atoms with E-state index in [-0.39, 0.29) is 12.6 Å². The van der Waals surface area contributed by atoms with Crippen molar-refractivity contribution in [3.8, 4) is 11.8 Å². The summed E-state index contributed by atoms with van der Waals surface area (Å²) in [6, 6.07) is 15.1. The summed E-state index contributed by atoms with van der Waals surface area (Å²) in [4.78, 5) is 8.02. The van der Waals surface area contributed by atoms with Crippen molar-refractivity contribution >= 4 is 33.6 Å². The molecule has 3 aromatic rings. The normalized spacial score (nSPS) is 11.5. The molecule has 0 saturated heterocycles. The number of ether oxygens (including phenoxy) is 1. The van der Waals surface area contributed by atoms with Crippen LogP contribution in [0.2, 0.25) is 5.02 Å². The van der Waals surface area contributed by atoms with E-state index in [2.05, 4.69) is 41.2 Å². The Morgan fingerprint density at radius 2 is 1.91 bits per heavy atom. The fraction of sp³-hybridized carbons (Fsp3) is 0.208. The van der Waals surface area contributed by atoms with Crippen LogP contribution in [0.5, 0.6) is 5.75 Å². The first-order valence-corrected chi connectivity index (χ1v) is 12.2. The summed E-state index contributed by atoms with van der Waals surface area (Å²) in [7, 11) is -3.46. The second-order valence-corrected chi connectivity index (χ2v) is 10.1. The molecule has 1 heterocycles.